The van der Waals surface area contributed by atoms with Crippen LogP contribution in [0, 0.1) is 0 Å². The van der Waals surface area contributed by atoms with E-state index >= 15 is 0 Å². The summed E-state index contributed by atoms with van der Waals surface area (Å²) in [6.07, 6.45) is 0. The first-order valence-corrected chi connectivity index (χ1v) is 5.51. The molecule has 5 heteroatoms. The van der Waals surface area contributed by atoms with Crippen molar-refractivity contribution in [2.45, 2.75) is 13.0 Å². The molecule has 2 N–H and O–H groups in total. The van der Waals surface area contributed by atoms with Crippen molar-refractivity contribution in [2.75, 3.05) is 0 Å². The Kier molecular flexibility index (Phi) is 3.19. The highest BCUT2D eigenvalue weighted by atomic mass is 35.5. The molecular weight excluding hydrogens is 247 g/mol. The number of hydrogen-bond acceptors (Lipinski definition) is 3. The van der Waals surface area contributed by atoms with E-state index in [2.05, 4.69) is 5.16 Å². The van der Waals surface area contributed by atoms with E-state index in [1.54, 1.807) is 12.1 Å². The number of nitrogens with two attached hydrogens (primary N) is 1. The molecular formula is C11H10Cl2N2O. The van der Waals surface area contributed by atoms with Gasteiger partial charge in [-0.05, 0) is 13.0 Å². The Labute approximate surface area is 103 Å². The topological polar surface area (TPSA) is 52.0 Å². The van der Waals surface area contributed by atoms with Crippen LogP contribution in [0.3, 0.4) is 0 Å². The molecule has 1 unspecified atom stereocenters. The summed E-state index contributed by atoms with van der Waals surface area (Å²) >= 11 is 12.0. The highest BCUT2D eigenvalue weighted by Crippen LogP contribution is 2.33. The van der Waals surface area contributed by atoms with Gasteiger partial charge in [0.2, 0.25) is 0 Å². The van der Waals surface area contributed by atoms with Crippen LogP contribution in [0.5, 0.6) is 0 Å². The van der Waals surface area contributed by atoms with Gasteiger partial charge in [-0.15, -0.1) is 0 Å². The van der Waals surface area contributed by atoms with Crippen molar-refractivity contribution in [3.63, 3.8) is 0 Å². The monoisotopic (exact) mass is 256 g/mol. The minimum Gasteiger partial charge on any atom is -0.359 e. The fraction of sp³-hybridized carbons (Fsp3) is 0.182. The summed E-state index contributed by atoms with van der Waals surface area (Å²) in [5.41, 5.74) is 7.06. The van der Waals surface area contributed by atoms with Crippen LogP contribution in [0.25, 0.3) is 11.3 Å². The van der Waals surface area contributed by atoms with Crippen LogP contribution < -0.4 is 5.73 Å². The number of rotatable bonds is 2. The maximum atomic E-state index is 6.07. The molecule has 0 aliphatic rings. The van der Waals surface area contributed by atoms with E-state index in [1.807, 2.05) is 19.1 Å². The Hall–Kier alpha value is -1.03. The normalized spacial score (nSPS) is 12.8. The van der Waals surface area contributed by atoms with Crippen molar-refractivity contribution >= 4 is 23.2 Å². The van der Waals surface area contributed by atoms with E-state index in [0.717, 1.165) is 5.56 Å². The Morgan fingerprint density at radius 1 is 1.38 bits per heavy atom. The van der Waals surface area contributed by atoms with Gasteiger partial charge in [-0.2, -0.15) is 0 Å². The molecule has 1 atom stereocenters. The molecule has 84 valence electrons. The van der Waals surface area contributed by atoms with Gasteiger partial charge < -0.3 is 10.3 Å². The third-order valence-corrected chi connectivity index (χ3v) is 3.02. The maximum absolute atomic E-state index is 6.07. The van der Waals surface area contributed by atoms with Gasteiger partial charge in [0.05, 0.1) is 16.1 Å². The van der Waals surface area contributed by atoms with Gasteiger partial charge in [0, 0.05) is 11.6 Å². The standard InChI is InChI=1S/C11H10Cl2N2O/c1-6(14)10-5-9(15-16-10)7-3-2-4-8(12)11(7)13/h2-6H,14H2,1H3. The van der Waals surface area contributed by atoms with E-state index < -0.39 is 0 Å². The molecule has 0 saturated heterocycles. The zero-order valence-corrected chi connectivity index (χ0v) is 10.1. The highest BCUT2D eigenvalue weighted by Gasteiger charge is 2.13. The smallest absolute Gasteiger partial charge is 0.153 e. The second-order valence-electron chi connectivity index (χ2n) is 3.50. The summed E-state index contributed by atoms with van der Waals surface area (Å²) in [5.74, 6) is 0.617. The molecule has 0 saturated carbocycles. The van der Waals surface area contributed by atoms with E-state index in [4.69, 9.17) is 33.5 Å². The molecule has 2 aromatic rings. The molecule has 1 aromatic carbocycles. The zero-order valence-electron chi connectivity index (χ0n) is 8.58. The molecule has 0 radical (unpaired) electrons. The molecule has 0 fully saturated rings. The molecule has 0 aliphatic heterocycles. The minimum absolute atomic E-state index is 0.195. The first-order chi connectivity index (χ1) is 7.59. The molecule has 3 nitrogen and oxygen atoms in total. The van der Waals surface area contributed by atoms with Crippen molar-refractivity contribution in [1.29, 1.82) is 0 Å². The Balaban J connectivity index is 2.47. The third kappa shape index (κ3) is 2.07. The van der Waals surface area contributed by atoms with Gasteiger partial charge in [0.15, 0.2) is 5.76 Å². The van der Waals surface area contributed by atoms with Gasteiger partial charge in [-0.1, -0.05) is 40.5 Å². The van der Waals surface area contributed by atoms with Gasteiger partial charge in [0.1, 0.15) is 5.69 Å². The number of nitrogens with zero attached hydrogens (tertiary/aromatic N) is 1. The quantitative estimate of drug-likeness (QED) is 0.892. The third-order valence-electron chi connectivity index (χ3n) is 2.20. The van der Waals surface area contributed by atoms with Gasteiger partial charge in [0.25, 0.3) is 0 Å². The lowest BCUT2D eigenvalue weighted by Gasteiger charge is -2.00. The number of hydrogen-bond donors (Lipinski definition) is 1. The Morgan fingerprint density at radius 2 is 2.12 bits per heavy atom. The van der Waals surface area contributed by atoms with Crippen molar-refractivity contribution in [3.8, 4) is 11.3 Å². The van der Waals surface area contributed by atoms with Crippen LogP contribution >= 0.6 is 23.2 Å². The van der Waals surface area contributed by atoms with Crippen LogP contribution in [0.4, 0.5) is 0 Å². The minimum atomic E-state index is -0.195. The van der Waals surface area contributed by atoms with Crippen LogP contribution in [0.2, 0.25) is 10.0 Å². The van der Waals surface area contributed by atoms with Crippen molar-refractivity contribution in [3.05, 3.63) is 40.1 Å². The lowest BCUT2D eigenvalue weighted by atomic mass is 10.1. The van der Waals surface area contributed by atoms with E-state index in [9.17, 15) is 0 Å². The van der Waals surface area contributed by atoms with Gasteiger partial charge in [-0.25, -0.2) is 0 Å². The first-order valence-electron chi connectivity index (χ1n) is 4.76. The average molecular weight is 257 g/mol. The van der Waals surface area contributed by atoms with Crippen molar-refractivity contribution < 1.29 is 4.52 Å². The molecule has 1 aromatic heterocycles. The van der Waals surface area contributed by atoms with Crippen LogP contribution in [0.15, 0.2) is 28.8 Å². The molecule has 2 rings (SSSR count). The van der Waals surface area contributed by atoms with Crippen molar-refractivity contribution in [2.24, 2.45) is 5.73 Å². The Bertz CT molecular complexity index is 508. The van der Waals surface area contributed by atoms with Crippen molar-refractivity contribution in [1.82, 2.24) is 5.16 Å². The zero-order chi connectivity index (χ0) is 11.7. The second kappa shape index (κ2) is 4.45. The molecule has 16 heavy (non-hydrogen) atoms. The first kappa shape index (κ1) is 11.5. The van der Waals surface area contributed by atoms with Gasteiger partial charge in [-0.3, -0.25) is 0 Å². The number of benzene rings is 1. The SMILES string of the molecule is CC(N)c1cc(-c2cccc(Cl)c2Cl)no1. The average Bonchev–Trinajstić information content (AvgIpc) is 2.71. The summed E-state index contributed by atoms with van der Waals surface area (Å²) in [6.45, 7) is 1.82. The summed E-state index contributed by atoms with van der Waals surface area (Å²) in [6, 6.07) is 6.93. The molecule has 1 heterocycles. The molecule has 0 aliphatic carbocycles. The largest absolute Gasteiger partial charge is 0.359 e. The molecule has 0 bridgehead atoms. The molecule has 0 amide bonds. The predicted octanol–water partition coefficient (Wildman–Crippen LogP) is 3.67. The highest BCUT2D eigenvalue weighted by molar-refractivity contribution is 6.43. The predicted molar refractivity (Wildman–Crippen MR) is 64.6 cm³/mol. The Morgan fingerprint density at radius 3 is 2.75 bits per heavy atom. The lowest BCUT2D eigenvalue weighted by Crippen LogP contribution is -2.02. The number of aromatic nitrogens is 1. The fourth-order valence-corrected chi connectivity index (χ4v) is 1.73. The second-order valence-corrected chi connectivity index (χ2v) is 4.29. The van der Waals surface area contributed by atoms with E-state index in [0.29, 0.717) is 21.5 Å². The summed E-state index contributed by atoms with van der Waals surface area (Å²) in [7, 11) is 0. The summed E-state index contributed by atoms with van der Waals surface area (Å²) in [5, 5.41) is 4.87. The van der Waals surface area contributed by atoms with Gasteiger partial charge >= 0.3 is 0 Å². The van der Waals surface area contributed by atoms with Crippen LogP contribution in [0.1, 0.15) is 18.7 Å². The molecule has 0 spiro atoms. The lowest BCUT2D eigenvalue weighted by molar-refractivity contribution is 0.369. The van der Waals surface area contributed by atoms with E-state index in [1.165, 1.54) is 0 Å². The summed E-state index contributed by atoms with van der Waals surface area (Å²) in [4.78, 5) is 0. The maximum Gasteiger partial charge on any atom is 0.153 e. The van der Waals surface area contributed by atoms with Crippen LogP contribution in [-0.2, 0) is 0 Å². The number of halogens is 2. The fourth-order valence-electron chi connectivity index (χ4n) is 1.33. The van der Waals surface area contributed by atoms with Crippen LogP contribution in [-0.4, -0.2) is 5.16 Å². The van der Waals surface area contributed by atoms with E-state index in [-0.39, 0.29) is 6.04 Å². The summed E-state index contributed by atoms with van der Waals surface area (Å²) < 4.78 is 5.10.